The van der Waals surface area contributed by atoms with Gasteiger partial charge in [-0.3, -0.25) is 4.79 Å². The van der Waals surface area contributed by atoms with E-state index in [0.717, 1.165) is 75.7 Å². The molecule has 35 heavy (non-hydrogen) atoms. The quantitative estimate of drug-likeness (QED) is 0.504. The van der Waals surface area contributed by atoms with E-state index in [0.29, 0.717) is 23.8 Å². The molecule has 2 aromatic rings. The Balaban J connectivity index is 1.03. The van der Waals surface area contributed by atoms with Crippen molar-refractivity contribution in [3.05, 3.63) is 29.7 Å². The second kappa shape index (κ2) is 9.71. The highest BCUT2D eigenvalue weighted by atomic mass is 19.4. The molecule has 1 amide bonds. The highest BCUT2D eigenvalue weighted by Crippen LogP contribution is 2.53. The van der Waals surface area contributed by atoms with Crippen LogP contribution in [0.1, 0.15) is 75.8 Å². The van der Waals surface area contributed by atoms with Crippen molar-refractivity contribution in [1.29, 1.82) is 0 Å². The van der Waals surface area contributed by atoms with Crippen LogP contribution in [0.15, 0.2) is 22.7 Å². The molecule has 0 radical (unpaired) electrons. The van der Waals surface area contributed by atoms with Gasteiger partial charge in [-0.15, -0.1) is 0 Å². The third-order valence-corrected chi connectivity index (χ3v) is 8.66. The number of carbonyl (C=O) groups excluding carboxylic acids is 1. The van der Waals surface area contributed by atoms with Crippen molar-refractivity contribution in [2.75, 3.05) is 19.6 Å². The number of amides is 1. The number of nitrogens with zero attached hydrogens (tertiary/aromatic N) is 2. The summed E-state index contributed by atoms with van der Waals surface area (Å²) in [6.45, 7) is 2.96. The predicted octanol–water partition coefficient (Wildman–Crippen LogP) is 5.94. The van der Waals surface area contributed by atoms with Gasteiger partial charge in [-0.1, -0.05) is 11.6 Å². The van der Waals surface area contributed by atoms with Gasteiger partial charge in [0.15, 0.2) is 5.58 Å². The topological polar surface area (TPSA) is 58.4 Å². The number of carbonyl (C=O) groups is 1. The summed E-state index contributed by atoms with van der Waals surface area (Å²) in [7, 11) is 0. The molecule has 1 aromatic heterocycles. The van der Waals surface area contributed by atoms with Crippen molar-refractivity contribution in [1.82, 2.24) is 15.4 Å². The minimum absolute atomic E-state index is 0.0835. The van der Waals surface area contributed by atoms with E-state index < -0.39 is 17.5 Å². The first kappa shape index (κ1) is 24.5. The van der Waals surface area contributed by atoms with E-state index in [1.807, 2.05) is 0 Å². The van der Waals surface area contributed by atoms with Gasteiger partial charge in [-0.05, 0) is 95.5 Å². The number of piperidine rings is 1. The van der Waals surface area contributed by atoms with E-state index in [-0.39, 0.29) is 24.7 Å². The fourth-order valence-corrected chi connectivity index (χ4v) is 6.11. The third-order valence-electron chi connectivity index (χ3n) is 8.66. The molecule has 1 saturated heterocycles. The van der Waals surface area contributed by atoms with Gasteiger partial charge in [0.05, 0.1) is 5.69 Å². The van der Waals surface area contributed by atoms with Crippen LogP contribution < -0.4 is 5.32 Å². The maximum Gasteiger partial charge on any atom is 0.403 e. The van der Waals surface area contributed by atoms with Crippen LogP contribution in [0.4, 0.5) is 17.6 Å². The van der Waals surface area contributed by atoms with Crippen LogP contribution in [0.3, 0.4) is 0 Å². The fraction of sp³-hybridized carbons (Fsp3) is 0.692. The van der Waals surface area contributed by atoms with E-state index in [1.54, 1.807) is 6.07 Å². The summed E-state index contributed by atoms with van der Waals surface area (Å²) in [5.41, 5.74) is -0.727. The second-order valence-electron chi connectivity index (χ2n) is 10.7. The maximum absolute atomic E-state index is 13.4. The largest absolute Gasteiger partial charge is 0.403 e. The van der Waals surface area contributed by atoms with Crippen molar-refractivity contribution in [3.63, 3.8) is 0 Å². The van der Waals surface area contributed by atoms with Crippen LogP contribution in [0.5, 0.6) is 0 Å². The zero-order valence-corrected chi connectivity index (χ0v) is 19.9. The Morgan fingerprint density at radius 2 is 1.83 bits per heavy atom. The normalized spacial score (nSPS) is 25.9. The Morgan fingerprint density at radius 3 is 2.46 bits per heavy atom. The Morgan fingerprint density at radius 1 is 1.11 bits per heavy atom. The summed E-state index contributed by atoms with van der Waals surface area (Å²) in [5, 5.41) is 7.84. The Hall–Kier alpha value is -2.16. The van der Waals surface area contributed by atoms with Crippen LogP contribution in [0.25, 0.3) is 11.0 Å². The van der Waals surface area contributed by atoms with Crippen molar-refractivity contribution in [3.8, 4) is 0 Å². The molecule has 0 unspecified atom stereocenters. The zero-order valence-electron chi connectivity index (χ0n) is 19.9. The smallest absolute Gasteiger partial charge is 0.356 e. The highest BCUT2D eigenvalue weighted by molar-refractivity contribution is 5.84. The van der Waals surface area contributed by atoms with Crippen molar-refractivity contribution in [2.24, 2.45) is 11.3 Å². The molecule has 2 aliphatic carbocycles. The van der Waals surface area contributed by atoms with Gasteiger partial charge in [0, 0.05) is 23.4 Å². The number of likely N-dealkylation sites (tertiary alicyclic amines) is 1. The number of halogens is 4. The molecule has 192 valence electrons. The van der Waals surface area contributed by atoms with Crippen LogP contribution in [0.2, 0.25) is 0 Å². The van der Waals surface area contributed by atoms with E-state index in [1.165, 1.54) is 12.1 Å². The minimum Gasteiger partial charge on any atom is -0.356 e. The third kappa shape index (κ3) is 4.93. The molecule has 1 aliphatic heterocycles. The lowest BCUT2D eigenvalue weighted by Gasteiger charge is -2.42. The Bertz CT molecular complexity index is 1030. The Labute approximate surface area is 202 Å². The fourth-order valence-electron chi connectivity index (χ4n) is 6.11. The lowest BCUT2D eigenvalue weighted by atomic mass is 9.67. The second-order valence-corrected chi connectivity index (χ2v) is 10.7. The van der Waals surface area contributed by atoms with Crippen LogP contribution in [-0.4, -0.2) is 47.8 Å². The van der Waals surface area contributed by atoms with Gasteiger partial charge in [-0.2, -0.15) is 13.2 Å². The number of hydrogen-bond donors (Lipinski definition) is 1. The molecule has 2 heterocycles. The van der Waals surface area contributed by atoms with Crippen molar-refractivity contribution in [2.45, 2.75) is 82.3 Å². The molecule has 3 fully saturated rings. The summed E-state index contributed by atoms with van der Waals surface area (Å²) < 4.78 is 58.9. The summed E-state index contributed by atoms with van der Waals surface area (Å²) in [5.74, 6) is -0.272. The number of alkyl halides is 3. The first-order valence-electron chi connectivity index (χ1n) is 12.9. The maximum atomic E-state index is 13.4. The van der Waals surface area contributed by atoms with Gasteiger partial charge in [0.2, 0.25) is 5.91 Å². The predicted molar refractivity (Wildman–Crippen MR) is 123 cm³/mol. The molecule has 5 nitrogen and oxygen atoms in total. The number of benzene rings is 1. The molecule has 2 saturated carbocycles. The van der Waals surface area contributed by atoms with E-state index >= 15 is 0 Å². The first-order valence-corrected chi connectivity index (χ1v) is 12.9. The molecule has 1 N–H and O–H groups in total. The molecule has 9 heteroatoms. The summed E-state index contributed by atoms with van der Waals surface area (Å²) in [4.78, 5) is 14.9. The number of aromatic nitrogens is 1. The Kier molecular flexibility index (Phi) is 6.81. The van der Waals surface area contributed by atoms with Crippen LogP contribution in [0, 0.1) is 17.2 Å². The molecular weight excluding hydrogens is 462 g/mol. The number of rotatable bonds is 6. The van der Waals surface area contributed by atoms with Gasteiger partial charge in [0.1, 0.15) is 11.2 Å². The number of fused-ring (bicyclic) bond motifs is 1. The monoisotopic (exact) mass is 495 g/mol. The average Bonchev–Trinajstić information content (AvgIpc) is 3.20. The van der Waals surface area contributed by atoms with Gasteiger partial charge in [0.25, 0.3) is 0 Å². The van der Waals surface area contributed by atoms with Gasteiger partial charge < -0.3 is 14.7 Å². The number of nitrogens with one attached hydrogen (secondary N) is 1. The van der Waals surface area contributed by atoms with E-state index in [4.69, 9.17) is 4.52 Å². The zero-order chi connectivity index (χ0) is 24.6. The molecule has 0 atom stereocenters. The van der Waals surface area contributed by atoms with E-state index in [9.17, 15) is 22.4 Å². The molecule has 5 rings (SSSR count). The highest BCUT2D eigenvalue weighted by Gasteiger charge is 2.63. The lowest BCUT2D eigenvalue weighted by molar-refractivity contribution is -0.243. The number of hydrogen-bond acceptors (Lipinski definition) is 4. The van der Waals surface area contributed by atoms with Crippen LogP contribution in [-0.2, 0) is 4.79 Å². The summed E-state index contributed by atoms with van der Waals surface area (Å²) >= 11 is 0. The van der Waals surface area contributed by atoms with Gasteiger partial charge >= 0.3 is 6.18 Å². The van der Waals surface area contributed by atoms with Crippen molar-refractivity contribution < 1.29 is 26.9 Å². The molecule has 3 aliphatic rings. The average molecular weight is 496 g/mol. The van der Waals surface area contributed by atoms with Crippen molar-refractivity contribution >= 4 is 16.9 Å². The van der Waals surface area contributed by atoms with Gasteiger partial charge in [-0.25, -0.2) is 4.39 Å². The molecule has 0 spiro atoms. The molecular formula is C26H33F4N3O2. The first-order chi connectivity index (χ1) is 16.7. The van der Waals surface area contributed by atoms with Crippen LogP contribution >= 0.6 is 0 Å². The SMILES string of the molecule is O=C(NC1CCC(CCN2CCC(c3noc4cc(F)ccc34)CC2)CC1)C1(C(F)(F)F)CCC1. The standard InChI is InChI=1S/C26H33F4N3O2/c27-19-4-7-21-22(16-19)35-32-23(21)18-9-14-33(15-10-18)13-8-17-2-5-20(6-3-17)31-24(34)25(11-1-12-25)26(28,29)30/h4,7,16-18,20H,1-3,5-6,8-15H2,(H,31,34). The molecule has 0 bridgehead atoms. The van der Waals surface area contributed by atoms with E-state index in [2.05, 4.69) is 15.4 Å². The summed E-state index contributed by atoms with van der Waals surface area (Å²) in [6, 6.07) is 4.43. The lowest BCUT2D eigenvalue weighted by Crippen LogP contribution is -2.57. The minimum atomic E-state index is -4.46. The molecule has 1 aromatic carbocycles. The summed E-state index contributed by atoms with van der Waals surface area (Å²) in [6.07, 6.45) is 2.29.